The lowest BCUT2D eigenvalue weighted by Gasteiger charge is -2.31. The van der Waals surface area contributed by atoms with Gasteiger partial charge in [-0.3, -0.25) is 9.89 Å². The first-order chi connectivity index (χ1) is 11.3. The number of ether oxygens (including phenoxy) is 1. The summed E-state index contributed by atoms with van der Waals surface area (Å²) in [5.74, 6) is 1.86. The van der Waals surface area contributed by atoms with E-state index in [0.29, 0.717) is 6.04 Å². The van der Waals surface area contributed by atoms with E-state index in [1.807, 2.05) is 7.05 Å². The Bertz CT molecular complexity index is 348. The van der Waals surface area contributed by atoms with Crippen LogP contribution in [-0.2, 0) is 4.74 Å². The number of methoxy groups -OCH3 is 1. The summed E-state index contributed by atoms with van der Waals surface area (Å²) in [5, 5.41) is 6.88. The Morgan fingerprint density at radius 1 is 1.12 bits per heavy atom. The third-order valence-electron chi connectivity index (χ3n) is 5.26. The number of rotatable bonds is 8. The van der Waals surface area contributed by atoms with Crippen molar-refractivity contribution >= 4 is 29.9 Å². The van der Waals surface area contributed by atoms with E-state index in [0.717, 1.165) is 38.0 Å². The molecule has 1 saturated heterocycles. The molecule has 2 fully saturated rings. The molecule has 0 aromatic carbocycles. The number of aliphatic imine (C=N–C) groups is 1. The fourth-order valence-corrected chi connectivity index (χ4v) is 3.93. The maximum atomic E-state index is 5.08. The second-order valence-electron chi connectivity index (χ2n) is 7.02. The van der Waals surface area contributed by atoms with Crippen molar-refractivity contribution in [2.45, 2.75) is 57.4 Å². The minimum atomic E-state index is 0. The van der Waals surface area contributed by atoms with Gasteiger partial charge in [0.25, 0.3) is 0 Å². The smallest absolute Gasteiger partial charge is 0.191 e. The van der Waals surface area contributed by atoms with Crippen molar-refractivity contribution in [2.75, 3.05) is 46.9 Å². The normalized spacial score (nSPS) is 23.1. The molecule has 5 nitrogen and oxygen atoms in total. The average Bonchev–Trinajstić information content (AvgIpc) is 3.02. The lowest BCUT2D eigenvalue weighted by atomic mass is 9.89. The molecule has 0 spiro atoms. The molecule has 0 bridgehead atoms. The molecule has 1 aliphatic carbocycles. The molecule has 0 aromatic heterocycles. The first-order valence-corrected chi connectivity index (χ1v) is 9.51. The molecule has 142 valence electrons. The molecular weight excluding hydrogens is 415 g/mol. The first-order valence-electron chi connectivity index (χ1n) is 9.51. The second-order valence-corrected chi connectivity index (χ2v) is 7.02. The third-order valence-corrected chi connectivity index (χ3v) is 5.26. The standard InChI is InChI=1S/C18H36N4O.HI/c1-19-18(20-11-7-13-23-2)21-14-17-10-6-12-22(17)15-16-8-4-3-5-9-16;/h16-17H,3-15H2,1-2H3,(H2,19,20,21);1H. The van der Waals surface area contributed by atoms with Crippen LogP contribution in [0.1, 0.15) is 51.4 Å². The first kappa shape index (κ1) is 22.0. The molecule has 2 aliphatic rings. The molecule has 6 heteroatoms. The molecule has 1 unspecified atom stereocenters. The highest BCUT2D eigenvalue weighted by molar-refractivity contribution is 14.0. The van der Waals surface area contributed by atoms with Crippen LogP contribution in [0.4, 0.5) is 0 Å². The topological polar surface area (TPSA) is 48.9 Å². The van der Waals surface area contributed by atoms with E-state index in [4.69, 9.17) is 4.74 Å². The fraction of sp³-hybridized carbons (Fsp3) is 0.944. The summed E-state index contributed by atoms with van der Waals surface area (Å²) in [6.07, 6.45) is 10.9. The molecule has 0 radical (unpaired) electrons. The molecule has 24 heavy (non-hydrogen) atoms. The number of guanidine groups is 1. The Morgan fingerprint density at radius 3 is 2.62 bits per heavy atom. The number of likely N-dealkylation sites (tertiary alicyclic amines) is 1. The summed E-state index contributed by atoms with van der Waals surface area (Å²) < 4.78 is 5.08. The van der Waals surface area contributed by atoms with Crippen LogP contribution in [0.5, 0.6) is 0 Å². The predicted octanol–water partition coefficient (Wildman–Crippen LogP) is 2.85. The van der Waals surface area contributed by atoms with Gasteiger partial charge < -0.3 is 15.4 Å². The highest BCUT2D eigenvalue weighted by Crippen LogP contribution is 2.27. The molecule has 1 aliphatic heterocycles. The van der Waals surface area contributed by atoms with Gasteiger partial charge in [0, 0.05) is 46.4 Å². The lowest BCUT2D eigenvalue weighted by molar-refractivity contribution is 0.187. The third kappa shape index (κ3) is 7.87. The van der Waals surface area contributed by atoms with Crippen LogP contribution in [0.2, 0.25) is 0 Å². The van der Waals surface area contributed by atoms with Gasteiger partial charge in [-0.2, -0.15) is 0 Å². The van der Waals surface area contributed by atoms with Gasteiger partial charge in [-0.05, 0) is 44.6 Å². The van der Waals surface area contributed by atoms with Crippen molar-refractivity contribution in [3.05, 3.63) is 0 Å². The van der Waals surface area contributed by atoms with Crippen LogP contribution in [-0.4, -0.2) is 63.8 Å². The quantitative estimate of drug-likeness (QED) is 0.258. The highest BCUT2D eigenvalue weighted by atomic mass is 127. The number of halogens is 1. The van der Waals surface area contributed by atoms with E-state index in [2.05, 4.69) is 20.5 Å². The van der Waals surface area contributed by atoms with E-state index >= 15 is 0 Å². The van der Waals surface area contributed by atoms with Crippen LogP contribution < -0.4 is 10.6 Å². The number of hydrogen-bond donors (Lipinski definition) is 2. The molecule has 0 amide bonds. The molecule has 1 heterocycles. The number of nitrogens with zero attached hydrogens (tertiary/aromatic N) is 2. The summed E-state index contributed by atoms with van der Waals surface area (Å²) in [5.41, 5.74) is 0. The molecule has 1 saturated carbocycles. The Kier molecular flexibility index (Phi) is 12.0. The zero-order valence-electron chi connectivity index (χ0n) is 15.6. The molecule has 1 atom stereocenters. The van der Waals surface area contributed by atoms with Crippen LogP contribution in [0.3, 0.4) is 0 Å². The second kappa shape index (κ2) is 13.2. The van der Waals surface area contributed by atoms with Gasteiger partial charge in [0.1, 0.15) is 0 Å². The van der Waals surface area contributed by atoms with Crippen molar-refractivity contribution in [1.29, 1.82) is 0 Å². The number of nitrogens with one attached hydrogen (secondary N) is 2. The monoisotopic (exact) mass is 452 g/mol. The van der Waals surface area contributed by atoms with Gasteiger partial charge in [0.15, 0.2) is 5.96 Å². The van der Waals surface area contributed by atoms with Crippen molar-refractivity contribution in [2.24, 2.45) is 10.9 Å². The van der Waals surface area contributed by atoms with Gasteiger partial charge >= 0.3 is 0 Å². The van der Waals surface area contributed by atoms with E-state index in [1.165, 1.54) is 58.0 Å². The SMILES string of the molecule is CN=C(NCCCOC)NCC1CCCN1CC1CCCCC1.I. The van der Waals surface area contributed by atoms with Crippen molar-refractivity contribution < 1.29 is 4.74 Å². The summed E-state index contributed by atoms with van der Waals surface area (Å²) in [6, 6.07) is 0.675. The Balaban J connectivity index is 0.00000288. The van der Waals surface area contributed by atoms with E-state index in [1.54, 1.807) is 7.11 Å². The van der Waals surface area contributed by atoms with E-state index in [9.17, 15) is 0 Å². The average molecular weight is 452 g/mol. The van der Waals surface area contributed by atoms with Crippen LogP contribution in [0.15, 0.2) is 4.99 Å². The van der Waals surface area contributed by atoms with E-state index < -0.39 is 0 Å². The number of hydrogen-bond acceptors (Lipinski definition) is 3. The summed E-state index contributed by atoms with van der Waals surface area (Å²) in [4.78, 5) is 7.05. The van der Waals surface area contributed by atoms with Gasteiger partial charge in [-0.1, -0.05) is 19.3 Å². The molecule has 0 aromatic rings. The Hall–Kier alpha value is -0.0800. The van der Waals surface area contributed by atoms with Crippen LogP contribution in [0.25, 0.3) is 0 Å². The zero-order chi connectivity index (χ0) is 16.3. The summed E-state index contributed by atoms with van der Waals surface area (Å²) in [7, 11) is 3.59. The van der Waals surface area contributed by atoms with Gasteiger partial charge in [-0.25, -0.2) is 0 Å². The minimum absolute atomic E-state index is 0. The highest BCUT2D eigenvalue weighted by Gasteiger charge is 2.27. The molecular formula is C18H37IN4O. The Labute approximate surface area is 165 Å². The minimum Gasteiger partial charge on any atom is -0.385 e. The lowest BCUT2D eigenvalue weighted by Crippen LogP contribution is -2.46. The zero-order valence-corrected chi connectivity index (χ0v) is 17.9. The molecule has 2 N–H and O–H groups in total. The fourth-order valence-electron chi connectivity index (χ4n) is 3.93. The van der Waals surface area contributed by atoms with Crippen LogP contribution >= 0.6 is 24.0 Å². The van der Waals surface area contributed by atoms with Crippen LogP contribution in [0, 0.1) is 5.92 Å². The van der Waals surface area contributed by atoms with Gasteiger partial charge in [0.05, 0.1) is 0 Å². The van der Waals surface area contributed by atoms with E-state index in [-0.39, 0.29) is 24.0 Å². The van der Waals surface area contributed by atoms with Crippen molar-refractivity contribution in [3.63, 3.8) is 0 Å². The maximum absolute atomic E-state index is 5.08. The van der Waals surface area contributed by atoms with Gasteiger partial charge in [0.2, 0.25) is 0 Å². The Morgan fingerprint density at radius 2 is 1.92 bits per heavy atom. The molecule has 2 rings (SSSR count). The summed E-state index contributed by atoms with van der Waals surface area (Å²) >= 11 is 0. The predicted molar refractivity (Wildman–Crippen MR) is 112 cm³/mol. The van der Waals surface area contributed by atoms with Crippen molar-refractivity contribution in [1.82, 2.24) is 15.5 Å². The van der Waals surface area contributed by atoms with Gasteiger partial charge in [-0.15, -0.1) is 24.0 Å². The largest absolute Gasteiger partial charge is 0.385 e. The van der Waals surface area contributed by atoms with Crippen molar-refractivity contribution in [3.8, 4) is 0 Å². The maximum Gasteiger partial charge on any atom is 0.191 e. The summed E-state index contributed by atoms with van der Waals surface area (Å²) in [6.45, 7) is 5.30.